The highest BCUT2D eigenvalue weighted by Crippen LogP contribution is 1.95. The molecule has 0 bridgehead atoms. The van der Waals surface area contributed by atoms with Crippen molar-refractivity contribution in [3.05, 3.63) is 0 Å². The third-order valence-corrected chi connectivity index (χ3v) is 1.86. The molecule has 0 aromatic heterocycles. The number of esters is 2. The number of ether oxygens (including phenoxy) is 2. The molecule has 0 unspecified atom stereocenters. The maximum Gasteiger partial charge on any atom is 0.325 e. The minimum atomic E-state index is -0.548. The van der Waals surface area contributed by atoms with Crippen molar-refractivity contribution in [1.82, 2.24) is 10.2 Å². The fraction of sp³-hybridized carbons (Fsp3) is 0.667. The zero-order valence-electron chi connectivity index (χ0n) is 9.61. The van der Waals surface area contributed by atoms with Crippen LogP contribution >= 0.6 is 0 Å². The van der Waals surface area contributed by atoms with Gasteiger partial charge in [0.1, 0.15) is 6.54 Å². The molecule has 0 saturated carbocycles. The second-order valence-corrected chi connectivity index (χ2v) is 2.88. The molecule has 0 heterocycles. The standard InChI is InChI=1S/C9H16N2O5/c1-10-9(14)11(6-8(13)16-3)5-4-7(12)15-2/h4-6H2,1-3H3,(H,10,14). The zero-order valence-corrected chi connectivity index (χ0v) is 9.61. The van der Waals surface area contributed by atoms with Gasteiger partial charge in [-0.15, -0.1) is 0 Å². The van der Waals surface area contributed by atoms with Crippen LogP contribution in [0.1, 0.15) is 6.42 Å². The Bertz CT molecular complexity index is 267. The molecule has 0 rings (SSSR count). The lowest BCUT2D eigenvalue weighted by molar-refractivity contribution is -0.143. The molecule has 0 aliphatic rings. The normalized spacial score (nSPS) is 9.19. The molecule has 0 aliphatic heterocycles. The van der Waals surface area contributed by atoms with Gasteiger partial charge < -0.3 is 19.7 Å². The molecule has 0 radical (unpaired) electrons. The van der Waals surface area contributed by atoms with E-state index >= 15 is 0 Å². The average molecular weight is 232 g/mol. The first-order valence-corrected chi connectivity index (χ1v) is 4.65. The molecule has 0 fully saturated rings. The average Bonchev–Trinajstić information content (AvgIpc) is 2.32. The molecule has 0 saturated heterocycles. The first-order chi connectivity index (χ1) is 7.54. The van der Waals surface area contributed by atoms with Gasteiger partial charge in [0.05, 0.1) is 20.6 Å². The third kappa shape index (κ3) is 5.18. The van der Waals surface area contributed by atoms with Crippen LogP contribution in [-0.2, 0) is 19.1 Å². The number of methoxy groups -OCH3 is 2. The molecule has 2 amide bonds. The van der Waals surface area contributed by atoms with Crippen LogP contribution in [0.2, 0.25) is 0 Å². The van der Waals surface area contributed by atoms with Crippen molar-refractivity contribution in [3.63, 3.8) is 0 Å². The molecule has 0 spiro atoms. The number of nitrogens with zero attached hydrogens (tertiary/aromatic N) is 1. The summed E-state index contributed by atoms with van der Waals surface area (Å²) in [5.41, 5.74) is 0. The van der Waals surface area contributed by atoms with E-state index < -0.39 is 18.0 Å². The lowest BCUT2D eigenvalue weighted by Crippen LogP contribution is -2.42. The number of hydrogen-bond acceptors (Lipinski definition) is 5. The predicted octanol–water partition coefficient (Wildman–Crippen LogP) is -0.636. The molecule has 1 N–H and O–H groups in total. The van der Waals surface area contributed by atoms with E-state index in [1.807, 2.05) is 0 Å². The van der Waals surface area contributed by atoms with Crippen molar-refractivity contribution in [2.45, 2.75) is 6.42 Å². The summed E-state index contributed by atoms with van der Waals surface area (Å²) in [6, 6.07) is -0.450. The Morgan fingerprint density at radius 2 is 1.69 bits per heavy atom. The molecule has 7 heteroatoms. The van der Waals surface area contributed by atoms with Crippen LogP contribution < -0.4 is 5.32 Å². The lowest BCUT2D eigenvalue weighted by atomic mass is 10.4. The van der Waals surface area contributed by atoms with Gasteiger partial charge >= 0.3 is 18.0 Å². The Morgan fingerprint density at radius 3 is 2.12 bits per heavy atom. The predicted molar refractivity (Wildman–Crippen MR) is 54.7 cm³/mol. The van der Waals surface area contributed by atoms with Crippen molar-refractivity contribution in [2.24, 2.45) is 0 Å². The number of rotatable bonds is 5. The number of urea groups is 1. The number of amides is 2. The Kier molecular flexibility index (Phi) is 6.66. The fourth-order valence-corrected chi connectivity index (χ4v) is 0.959. The summed E-state index contributed by atoms with van der Waals surface area (Å²) in [6.45, 7) is -0.103. The molecule has 0 atom stereocenters. The number of carbonyl (C=O) groups excluding carboxylic acids is 3. The Hall–Kier alpha value is -1.79. The molecular weight excluding hydrogens is 216 g/mol. The van der Waals surface area contributed by atoms with Gasteiger partial charge in [-0.1, -0.05) is 0 Å². The number of nitrogens with one attached hydrogen (secondary N) is 1. The Labute approximate surface area is 93.7 Å². The first kappa shape index (κ1) is 14.2. The third-order valence-electron chi connectivity index (χ3n) is 1.86. The van der Waals surface area contributed by atoms with Crippen LogP contribution in [0.4, 0.5) is 4.79 Å². The fourth-order valence-electron chi connectivity index (χ4n) is 0.959. The molecule has 0 aromatic rings. The first-order valence-electron chi connectivity index (χ1n) is 4.65. The zero-order chi connectivity index (χ0) is 12.6. The summed E-state index contributed by atoms with van der Waals surface area (Å²) in [6.07, 6.45) is 0.0287. The summed E-state index contributed by atoms with van der Waals surface area (Å²) in [7, 11) is 3.92. The number of hydrogen-bond donors (Lipinski definition) is 1. The van der Waals surface area contributed by atoms with Crippen molar-refractivity contribution in [1.29, 1.82) is 0 Å². The topological polar surface area (TPSA) is 84.9 Å². The molecular formula is C9H16N2O5. The summed E-state index contributed by atoms with van der Waals surface area (Å²) in [5, 5.41) is 2.36. The van der Waals surface area contributed by atoms with Crippen LogP contribution in [0.15, 0.2) is 0 Å². The highest BCUT2D eigenvalue weighted by molar-refractivity contribution is 5.81. The van der Waals surface area contributed by atoms with E-state index in [1.165, 1.54) is 26.2 Å². The molecule has 7 nitrogen and oxygen atoms in total. The highest BCUT2D eigenvalue weighted by Gasteiger charge is 2.17. The smallest absolute Gasteiger partial charge is 0.325 e. The lowest BCUT2D eigenvalue weighted by Gasteiger charge is -2.19. The van der Waals surface area contributed by atoms with Crippen LogP contribution in [0.25, 0.3) is 0 Å². The maximum absolute atomic E-state index is 11.3. The van der Waals surface area contributed by atoms with Crippen molar-refractivity contribution in [2.75, 3.05) is 34.4 Å². The largest absolute Gasteiger partial charge is 0.469 e. The molecule has 92 valence electrons. The molecule has 0 aromatic carbocycles. The monoisotopic (exact) mass is 232 g/mol. The summed E-state index contributed by atoms with van der Waals surface area (Å²) >= 11 is 0. The van der Waals surface area contributed by atoms with E-state index in [1.54, 1.807) is 0 Å². The van der Waals surface area contributed by atoms with E-state index in [0.29, 0.717) is 0 Å². The van der Waals surface area contributed by atoms with Gasteiger partial charge in [-0.3, -0.25) is 9.59 Å². The van der Waals surface area contributed by atoms with Gasteiger partial charge in [0.2, 0.25) is 0 Å². The van der Waals surface area contributed by atoms with E-state index in [4.69, 9.17) is 0 Å². The van der Waals surface area contributed by atoms with Crippen molar-refractivity contribution in [3.8, 4) is 0 Å². The van der Waals surface area contributed by atoms with E-state index in [0.717, 1.165) is 0 Å². The van der Waals surface area contributed by atoms with Gasteiger partial charge in [-0.2, -0.15) is 0 Å². The van der Waals surface area contributed by atoms with Gasteiger partial charge in [0.25, 0.3) is 0 Å². The van der Waals surface area contributed by atoms with Crippen molar-refractivity contribution >= 4 is 18.0 Å². The van der Waals surface area contributed by atoms with Crippen LogP contribution in [0.5, 0.6) is 0 Å². The Balaban J connectivity index is 4.26. The minimum Gasteiger partial charge on any atom is -0.469 e. The SMILES string of the molecule is CNC(=O)N(CCC(=O)OC)CC(=O)OC. The van der Waals surface area contributed by atoms with Crippen molar-refractivity contribution < 1.29 is 23.9 Å². The van der Waals surface area contributed by atoms with Crippen LogP contribution in [0, 0.1) is 0 Å². The van der Waals surface area contributed by atoms with Crippen LogP contribution in [0.3, 0.4) is 0 Å². The van der Waals surface area contributed by atoms with Gasteiger partial charge in [0, 0.05) is 13.6 Å². The van der Waals surface area contributed by atoms with Gasteiger partial charge in [0.15, 0.2) is 0 Å². The highest BCUT2D eigenvalue weighted by atomic mass is 16.5. The Morgan fingerprint density at radius 1 is 1.12 bits per heavy atom. The maximum atomic E-state index is 11.3. The van der Waals surface area contributed by atoms with E-state index in [2.05, 4.69) is 14.8 Å². The summed E-state index contributed by atoms with van der Waals surface area (Å²) < 4.78 is 8.86. The van der Waals surface area contributed by atoms with Gasteiger partial charge in [-0.05, 0) is 0 Å². The second kappa shape index (κ2) is 7.49. The van der Waals surface area contributed by atoms with Crippen LogP contribution in [-0.4, -0.2) is 57.2 Å². The quantitative estimate of drug-likeness (QED) is 0.637. The summed E-state index contributed by atoms with van der Waals surface area (Å²) in [5.74, 6) is -0.993. The molecule has 16 heavy (non-hydrogen) atoms. The van der Waals surface area contributed by atoms with Gasteiger partial charge in [-0.25, -0.2) is 4.79 Å². The minimum absolute atomic E-state index is 0.0287. The second-order valence-electron chi connectivity index (χ2n) is 2.88. The van der Waals surface area contributed by atoms with E-state index in [-0.39, 0.29) is 19.5 Å². The number of carbonyl (C=O) groups is 3. The summed E-state index contributed by atoms with van der Waals surface area (Å²) in [4.78, 5) is 34.4. The van der Waals surface area contributed by atoms with E-state index in [9.17, 15) is 14.4 Å². The molecule has 0 aliphatic carbocycles.